The average molecular weight is 358 g/mol. The van der Waals surface area contributed by atoms with Crippen molar-refractivity contribution in [2.24, 2.45) is 4.99 Å². The van der Waals surface area contributed by atoms with Crippen LogP contribution in [0.1, 0.15) is 0 Å². The Hall–Kier alpha value is -2.98. The van der Waals surface area contributed by atoms with Gasteiger partial charge in [-0.05, 0) is 18.2 Å². The molecule has 0 aliphatic rings. The highest BCUT2D eigenvalue weighted by Crippen LogP contribution is 2.22. The summed E-state index contributed by atoms with van der Waals surface area (Å²) >= 11 is 0.987. The first-order valence-corrected chi connectivity index (χ1v) is 8.07. The van der Waals surface area contributed by atoms with E-state index in [-0.39, 0.29) is 23.5 Å². The molecule has 2 aromatic carbocycles. The summed E-state index contributed by atoms with van der Waals surface area (Å²) in [6, 6.07) is 10.8. The Kier molecular flexibility index (Phi) is 4.91. The summed E-state index contributed by atoms with van der Waals surface area (Å²) in [5.41, 5.74) is 0.125. The number of amides is 1. The number of hydrogen-bond donors (Lipinski definition) is 0. The molecule has 0 aliphatic carbocycles. The smallest absolute Gasteiger partial charge is 0.286 e. The predicted octanol–water partition coefficient (Wildman–Crippen LogP) is 3.12. The molecule has 0 fully saturated rings. The third kappa shape index (κ3) is 3.75. The molecule has 0 atom stereocenters. The number of carbonyl (C=O) groups is 1. The van der Waals surface area contributed by atoms with Gasteiger partial charge < -0.3 is 9.30 Å². The molecule has 0 saturated carbocycles. The van der Waals surface area contributed by atoms with Crippen molar-refractivity contribution in [3.05, 3.63) is 58.9 Å². The molecule has 0 saturated heterocycles. The molecule has 0 N–H and O–H groups in total. The van der Waals surface area contributed by atoms with Gasteiger partial charge in [0.15, 0.2) is 17.2 Å². The van der Waals surface area contributed by atoms with Crippen molar-refractivity contribution in [3.63, 3.8) is 0 Å². The lowest BCUT2D eigenvalue weighted by Crippen LogP contribution is -2.19. The van der Waals surface area contributed by atoms with E-state index in [1.165, 1.54) is 10.6 Å². The number of para-hydroxylation sites is 1. The van der Waals surface area contributed by atoms with Gasteiger partial charge in [0.2, 0.25) is 0 Å². The van der Waals surface area contributed by atoms with Gasteiger partial charge in [-0.15, -0.1) is 6.42 Å². The maximum Gasteiger partial charge on any atom is 0.286 e. The lowest BCUT2D eigenvalue weighted by molar-refractivity contribution is -0.120. The van der Waals surface area contributed by atoms with Crippen LogP contribution >= 0.6 is 11.3 Å². The first-order valence-electron chi connectivity index (χ1n) is 7.25. The van der Waals surface area contributed by atoms with Gasteiger partial charge in [0, 0.05) is 6.07 Å². The Bertz CT molecular complexity index is 1030. The molecule has 126 valence electrons. The minimum atomic E-state index is -0.754. The van der Waals surface area contributed by atoms with Crippen LogP contribution in [0.5, 0.6) is 5.75 Å². The van der Waals surface area contributed by atoms with Crippen LogP contribution in [0.2, 0.25) is 0 Å². The van der Waals surface area contributed by atoms with Gasteiger partial charge in [-0.2, -0.15) is 4.99 Å². The van der Waals surface area contributed by atoms with E-state index in [1.54, 1.807) is 24.3 Å². The molecule has 1 heterocycles. The zero-order valence-corrected chi connectivity index (χ0v) is 13.7. The minimum absolute atomic E-state index is 0.00814. The van der Waals surface area contributed by atoms with Gasteiger partial charge in [-0.1, -0.05) is 35.5 Å². The average Bonchev–Trinajstić information content (AvgIpc) is 2.91. The predicted molar refractivity (Wildman–Crippen MR) is 91.1 cm³/mol. The zero-order valence-electron chi connectivity index (χ0n) is 12.9. The maximum absolute atomic E-state index is 14.1. The maximum atomic E-state index is 14.1. The highest BCUT2D eigenvalue weighted by molar-refractivity contribution is 7.16. The standard InChI is InChI=1S/C18H12F2N2O2S/c1-2-8-22-17-14(20)9-12(19)10-15(17)25-18(22)21-16(23)11-24-13-6-4-3-5-7-13/h1,3-7,9-10H,8,11H2. The number of hydrogen-bond acceptors (Lipinski definition) is 3. The number of carbonyl (C=O) groups excluding carboxylic acids is 1. The normalized spacial score (nSPS) is 11.5. The molecule has 1 amide bonds. The molecule has 25 heavy (non-hydrogen) atoms. The third-order valence-corrected chi connectivity index (χ3v) is 4.30. The summed E-state index contributed by atoms with van der Waals surface area (Å²) in [5, 5.41) is 0. The van der Waals surface area contributed by atoms with E-state index in [0.717, 1.165) is 17.4 Å². The van der Waals surface area contributed by atoms with E-state index in [1.807, 2.05) is 6.07 Å². The molecule has 7 heteroatoms. The Morgan fingerprint density at radius 1 is 1.28 bits per heavy atom. The Morgan fingerprint density at radius 2 is 2.04 bits per heavy atom. The van der Waals surface area contributed by atoms with Crippen LogP contribution in [0, 0.1) is 24.0 Å². The number of nitrogens with zero attached hydrogens (tertiary/aromatic N) is 2. The zero-order chi connectivity index (χ0) is 17.8. The molecular formula is C18H12F2N2O2S. The molecule has 0 bridgehead atoms. The molecular weight excluding hydrogens is 346 g/mol. The van der Waals surface area contributed by atoms with E-state index >= 15 is 0 Å². The lowest BCUT2D eigenvalue weighted by atomic mass is 10.3. The number of benzene rings is 2. The van der Waals surface area contributed by atoms with Crippen molar-refractivity contribution in [1.82, 2.24) is 4.57 Å². The summed E-state index contributed by atoms with van der Waals surface area (Å²) in [5.74, 6) is 0.905. The molecule has 0 aliphatic heterocycles. The summed E-state index contributed by atoms with van der Waals surface area (Å²) in [6.07, 6.45) is 5.31. The van der Waals surface area contributed by atoms with Crippen molar-refractivity contribution in [3.8, 4) is 18.1 Å². The number of ether oxygens (including phenoxy) is 1. The summed E-state index contributed by atoms with van der Waals surface area (Å²) < 4.78 is 34.5. The van der Waals surface area contributed by atoms with Gasteiger partial charge in [0.05, 0.1) is 16.8 Å². The largest absolute Gasteiger partial charge is 0.484 e. The van der Waals surface area contributed by atoms with Gasteiger partial charge in [0.25, 0.3) is 5.91 Å². The number of rotatable bonds is 4. The second-order valence-corrected chi connectivity index (χ2v) is 6.03. The molecule has 1 aromatic heterocycles. The second-order valence-electron chi connectivity index (χ2n) is 5.02. The van der Waals surface area contributed by atoms with Gasteiger partial charge in [-0.3, -0.25) is 4.79 Å². The summed E-state index contributed by atoms with van der Waals surface area (Å²) in [7, 11) is 0. The fourth-order valence-corrected chi connectivity index (χ4v) is 3.34. The van der Waals surface area contributed by atoms with Crippen molar-refractivity contribution in [2.75, 3.05) is 6.61 Å². The van der Waals surface area contributed by atoms with Gasteiger partial charge in [-0.25, -0.2) is 8.78 Å². The molecule has 3 aromatic rings. The van der Waals surface area contributed by atoms with Crippen molar-refractivity contribution in [2.45, 2.75) is 6.54 Å². The van der Waals surface area contributed by atoms with Crippen LogP contribution in [0.25, 0.3) is 10.2 Å². The number of terminal acetylenes is 1. The topological polar surface area (TPSA) is 43.6 Å². The fourth-order valence-electron chi connectivity index (χ4n) is 2.25. The summed E-state index contributed by atoms with van der Waals surface area (Å²) in [4.78, 5) is 16.2. The lowest BCUT2D eigenvalue weighted by Gasteiger charge is -2.03. The summed E-state index contributed by atoms with van der Waals surface area (Å²) in [6.45, 7) is -0.265. The molecule has 4 nitrogen and oxygen atoms in total. The van der Waals surface area contributed by atoms with Crippen LogP contribution in [0.3, 0.4) is 0 Å². The van der Waals surface area contributed by atoms with E-state index < -0.39 is 17.5 Å². The monoisotopic (exact) mass is 358 g/mol. The van der Waals surface area contributed by atoms with Crippen molar-refractivity contribution < 1.29 is 18.3 Å². The second kappa shape index (κ2) is 7.28. The molecule has 3 rings (SSSR count). The Labute approximate surface area is 146 Å². The van der Waals surface area contributed by atoms with E-state index in [0.29, 0.717) is 10.4 Å². The first-order chi connectivity index (χ1) is 12.1. The van der Waals surface area contributed by atoms with Crippen LogP contribution in [0.15, 0.2) is 47.5 Å². The first kappa shape index (κ1) is 16.9. The van der Waals surface area contributed by atoms with E-state index in [2.05, 4.69) is 10.9 Å². The fraction of sp³-hybridized carbons (Fsp3) is 0.111. The molecule has 0 unspecified atom stereocenters. The number of thiazole rings is 1. The van der Waals surface area contributed by atoms with Gasteiger partial charge in [0.1, 0.15) is 11.6 Å². The number of aromatic nitrogens is 1. The number of halogens is 2. The molecule has 0 spiro atoms. The van der Waals surface area contributed by atoms with Crippen LogP contribution < -0.4 is 9.54 Å². The quantitative estimate of drug-likeness (QED) is 0.673. The van der Waals surface area contributed by atoms with Crippen molar-refractivity contribution >= 4 is 27.5 Å². The highest BCUT2D eigenvalue weighted by Gasteiger charge is 2.13. The molecule has 0 radical (unpaired) electrons. The van der Waals surface area contributed by atoms with E-state index in [4.69, 9.17) is 11.2 Å². The van der Waals surface area contributed by atoms with Crippen LogP contribution in [-0.4, -0.2) is 17.1 Å². The third-order valence-electron chi connectivity index (χ3n) is 3.27. The van der Waals surface area contributed by atoms with Crippen LogP contribution in [-0.2, 0) is 11.3 Å². The Balaban J connectivity index is 1.95. The highest BCUT2D eigenvalue weighted by atomic mass is 32.1. The van der Waals surface area contributed by atoms with Crippen molar-refractivity contribution in [1.29, 1.82) is 0 Å². The number of fused-ring (bicyclic) bond motifs is 1. The Morgan fingerprint density at radius 3 is 2.76 bits per heavy atom. The minimum Gasteiger partial charge on any atom is -0.484 e. The van der Waals surface area contributed by atoms with Crippen LogP contribution in [0.4, 0.5) is 8.78 Å². The van der Waals surface area contributed by atoms with Gasteiger partial charge >= 0.3 is 0 Å². The SMILES string of the molecule is C#CCn1c(=NC(=O)COc2ccccc2)sc2cc(F)cc(F)c21. The van der Waals surface area contributed by atoms with E-state index in [9.17, 15) is 13.6 Å².